The molecule has 24 heavy (non-hydrogen) atoms. The van der Waals surface area contributed by atoms with Crippen LogP contribution in [-0.2, 0) is 9.59 Å². The predicted octanol–water partition coefficient (Wildman–Crippen LogP) is 0.240. The van der Waals surface area contributed by atoms with Crippen LogP contribution in [-0.4, -0.2) is 60.8 Å². The molecule has 1 saturated heterocycles. The van der Waals surface area contributed by atoms with Crippen molar-refractivity contribution in [2.45, 2.75) is 6.92 Å². The molecule has 0 saturated carbocycles. The lowest BCUT2D eigenvalue weighted by Gasteiger charge is -2.22. The number of carbonyl (C=O) groups is 3. The minimum absolute atomic E-state index is 0.0418. The van der Waals surface area contributed by atoms with E-state index in [-0.39, 0.29) is 36.9 Å². The molecular formula is C16H20FN3O4. The third kappa shape index (κ3) is 3.81. The van der Waals surface area contributed by atoms with Crippen LogP contribution < -0.4 is 10.5 Å². The fourth-order valence-electron chi connectivity index (χ4n) is 2.65. The summed E-state index contributed by atoms with van der Waals surface area (Å²) in [6, 6.07) is 3.92. The highest BCUT2D eigenvalue weighted by Gasteiger charge is 2.30. The van der Waals surface area contributed by atoms with Gasteiger partial charge in [0.25, 0.3) is 5.91 Å². The molecule has 1 heterocycles. The van der Waals surface area contributed by atoms with Crippen LogP contribution in [0.5, 0.6) is 5.75 Å². The minimum atomic E-state index is -0.663. The fraction of sp³-hybridized carbons (Fsp3) is 0.438. The van der Waals surface area contributed by atoms with Crippen LogP contribution in [0.15, 0.2) is 18.2 Å². The van der Waals surface area contributed by atoms with E-state index in [1.165, 1.54) is 36.0 Å². The molecule has 0 unspecified atom stereocenters. The molecule has 1 aromatic rings. The van der Waals surface area contributed by atoms with Crippen LogP contribution in [0.25, 0.3) is 0 Å². The van der Waals surface area contributed by atoms with Gasteiger partial charge in [-0.05, 0) is 18.2 Å². The van der Waals surface area contributed by atoms with Gasteiger partial charge in [0, 0.05) is 38.7 Å². The van der Waals surface area contributed by atoms with Gasteiger partial charge in [0.2, 0.25) is 11.8 Å². The molecule has 1 aliphatic heterocycles. The van der Waals surface area contributed by atoms with Crippen molar-refractivity contribution < 1.29 is 23.5 Å². The van der Waals surface area contributed by atoms with E-state index in [2.05, 4.69) is 0 Å². The summed E-state index contributed by atoms with van der Waals surface area (Å²) in [5.74, 6) is -2.46. The maximum Gasteiger partial charge on any atom is 0.254 e. The van der Waals surface area contributed by atoms with Crippen molar-refractivity contribution in [2.75, 3.05) is 33.3 Å². The summed E-state index contributed by atoms with van der Waals surface area (Å²) in [6.45, 7) is 2.20. The van der Waals surface area contributed by atoms with Crippen LogP contribution in [0.1, 0.15) is 17.3 Å². The van der Waals surface area contributed by atoms with Crippen LogP contribution in [0.4, 0.5) is 4.39 Å². The number of rotatable bonds is 3. The Morgan fingerprint density at radius 1 is 1.21 bits per heavy atom. The SMILES string of the molecule is COc1ccc(C(=O)N2CCN(C(C)=O)C[C@@H](C(N)=O)C2)cc1F. The van der Waals surface area contributed by atoms with E-state index in [0.717, 1.165) is 6.07 Å². The zero-order chi connectivity index (χ0) is 17.9. The Morgan fingerprint density at radius 2 is 1.83 bits per heavy atom. The zero-order valence-electron chi connectivity index (χ0n) is 13.6. The Balaban J connectivity index is 2.23. The zero-order valence-corrected chi connectivity index (χ0v) is 13.6. The molecule has 1 atom stereocenters. The van der Waals surface area contributed by atoms with Gasteiger partial charge in [0.15, 0.2) is 11.6 Å². The van der Waals surface area contributed by atoms with Gasteiger partial charge < -0.3 is 20.3 Å². The monoisotopic (exact) mass is 337 g/mol. The number of carbonyl (C=O) groups excluding carboxylic acids is 3. The molecule has 0 bridgehead atoms. The van der Waals surface area contributed by atoms with E-state index in [4.69, 9.17) is 10.5 Å². The molecule has 3 amide bonds. The summed E-state index contributed by atoms with van der Waals surface area (Å²) >= 11 is 0. The molecule has 0 aromatic heterocycles. The lowest BCUT2D eigenvalue weighted by atomic mass is 10.1. The van der Waals surface area contributed by atoms with Crippen LogP contribution in [0.2, 0.25) is 0 Å². The quantitative estimate of drug-likeness (QED) is 0.855. The molecule has 0 radical (unpaired) electrons. The topological polar surface area (TPSA) is 92.9 Å². The smallest absolute Gasteiger partial charge is 0.254 e. The lowest BCUT2D eigenvalue weighted by Crippen LogP contribution is -2.40. The first-order valence-corrected chi connectivity index (χ1v) is 7.51. The summed E-state index contributed by atoms with van der Waals surface area (Å²) in [5, 5.41) is 0. The van der Waals surface area contributed by atoms with Gasteiger partial charge in [-0.25, -0.2) is 4.39 Å². The van der Waals surface area contributed by atoms with Crippen molar-refractivity contribution in [1.82, 2.24) is 9.80 Å². The number of benzene rings is 1. The van der Waals surface area contributed by atoms with Crippen molar-refractivity contribution in [3.05, 3.63) is 29.6 Å². The summed E-state index contributed by atoms with van der Waals surface area (Å²) < 4.78 is 18.6. The lowest BCUT2D eigenvalue weighted by molar-refractivity contribution is -0.130. The molecule has 1 fully saturated rings. The molecule has 2 N–H and O–H groups in total. The second kappa shape index (κ2) is 7.29. The Hall–Kier alpha value is -2.64. The van der Waals surface area contributed by atoms with Gasteiger partial charge in [0.05, 0.1) is 13.0 Å². The van der Waals surface area contributed by atoms with Crippen molar-refractivity contribution in [3.8, 4) is 5.75 Å². The summed E-state index contributed by atoms with van der Waals surface area (Å²) in [5.41, 5.74) is 5.52. The van der Waals surface area contributed by atoms with Gasteiger partial charge >= 0.3 is 0 Å². The maximum absolute atomic E-state index is 13.8. The van der Waals surface area contributed by atoms with Crippen molar-refractivity contribution in [2.24, 2.45) is 11.7 Å². The summed E-state index contributed by atoms with van der Waals surface area (Å²) in [4.78, 5) is 38.7. The number of nitrogens with two attached hydrogens (primary N) is 1. The van der Waals surface area contributed by atoms with Gasteiger partial charge in [-0.15, -0.1) is 0 Å². The highest BCUT2D eigenvalue weighted by atomic mass is 19.1. The molecule has 2 rings (SSSR count). The second-order valence-corrected chi connectivity index (χ2v) is 5.66. The number of hydrogen-bond acceptors (Lipinski definition) is 4. The van der Waals surface area contributed by atoms with Crippen LogP contribution >= 0.6 is 0 Å². The van der Waals surface area contributed by atoms with Crippen molar-refractivity contribution in [1.29, 1.82) is 0 Å². The van der Waals surface area contributed by atoms with Gasteiger partial charge in [-0.3, -0.25) is 14.4 Å². The van der Waals surface area contributed by atoms with E-state index in [1.54, 1.807) is 0 Å². The van der Waals surface area contributed by atoms with Gasteiger partial charge in [0.1, 0.15) is 0 Å². The highest BCUT2D eigenvalue weighted by Crippen LogP contribution is 2.20. The number of methoxy groups -OCH3 is 1. The minimum Gasteiger partial charge on any atom is -0.494 e. The molecule has 1 aromatic carbocycles. The van der Waals surface area contributed by atoms with Crippen molar-refractivity contribution in [3.63, 3.8) is 0 Å². The average Bonchev–Trinajstić information content (AvgIpc) is 2.77. The van der Waals surface area contributed by atoms with Crippen molar-refractivity contribution >= 4 is 17.7 Å². The first kappa shape index (κ1) is 17.7. The number of primary amides is 1. The molecule has 8 heteroatoms. The Labute approximate surface area is 139 Å². The number of hydrogen-bond donors (Lipinski definition) is 1. The van der Waals surface area contributed by atoms with Gasteiger partial charge in [-0.2, -0.15) is 0 Å². The highest BCUT2D eigenvalue weighted by molar-refractivity contribution is 5.95. The van der Waals surface area contributed by atoms with Gasteiger partial charge in [-0.1, -0.05) is 0 Å². The predicted molar refractivity (Wildman–Crippen MR) is 83.8 cm³/mol. The number of amides is 3. The first-order valence-electron chi connectivity index (χ1n) is 7.51. The third-order valence-corrected chi connectivity index (χ3v) is 4.06. The Bertz CT molecular complexity index is 665. The molecule has 0 spiro atoms. The van der Waals surface area contributed by atoms with E-state index in [9.17, 15) is 18.8 Å². The van der Waals surface area contributed by atoms with E-state index in [1.807, 2.05) is 0 Å². The molecule has 130 valence electrons. The number of halogens is 1. The fourth-order valence-corrected chi connectivity index (χ4v) is 2.65. The van der Waals surface area contributed by atoms with E-state index in [0.29, 0.717) is 6.54 Å². The molecule has 0 aliphatic carbocycles. The molecular weight excluding hydrogens is 317 g/mol. The average molecular weight is 337 g/mol. The van der Waals surface area contributed by atoms with E-state index < -0.39 is 23.5 Å². The number of nitrogens with zero attached hydrogens (tertiary/aromatic N) is 2. The second-order valence-electron chi connectivity index (χ2n) is 5.66. The Kier molecular flexibility index (Phi) is 5.38. The number of ether oxygens (including phenoxy) is 1. The summed E-state index contributed by atoms with van der Waals surface area (Å²) in [7, 11) is 1.34. The molecule has 7 nitrogen and oxygen atoms in total. The standard InChI is InChI=1S/C16H20FN3O4/c1-10(21)19-5-6-20(9-12(8-19)15(18)22)16(23)11-3-4-14(24-2)13(17)7-11/h3-4,7,12H,5-6,8-9H2,1-2H3,(H2,18,22)/t12-/m1/s1. The summed E-state index contributed by atoms with van der Waals surface area (Å²) in [6.07, 6.45) is 0. The largest absolute Gasteiger partial charge is 0.494 e. The normalized spacial score (nSPS) is 18.0. The van der Waals surface area contributed by atoms with Crippen LogP contribution in [0.3, 0.4) is 0 Å². The van der Waals surface area contributed by atoms with E-state index >= 15 is 0 Å². The third-order valence-electron chi connectivity index (χ3n) is 4.06. The Morgan fingerprint density at radius 3 is 2.38 bits per heavy atom. The van der Waals surface area contributed by atoms with Crippen LogP contribution in [0, 0.1) is 11.7 Å². The maximum atomic E-state index is 13.8. The molecule has 1 aliphatic rings. The first-order chi connectivity index (χ1) is 11.3.